The summed E-state index contributed by atoms with van der Waals surface area (Å²) in [5, 5.41) is 6.94. The van der Waals surface area contributed by atoms with Crippen molar-refractivity contribution >= 4 is 9.84 Å². The van der Waals surface area contributed by atoms with Crippen LogP contribution < -0.4 is 10.6 Å². The molecule has 2 aromatic rings. The van der Waals surface area contributed by atoms with Crippen LogP contribution in [0.4, 0.5) is 0 Å². The number of rotatable bonds is 7. The van der Waals surface area contributed by atoms with Crippen LogP contribution in [-0.4, -0.2) is 39.1 Å². The molecule has 2 N–H and O–H groups in total. The average Bonchev–Trinajstić information content (AvgIpc) is 2.95. The lowest BCUT2D eigenvalue weighted by molar-refractivity contribution is 0.515. The first-order valence-corrected chi connectivity index (χ1v) is 10.2. The van der Waals surface area contributed by atoms with E-state index >= 15 is 0 Å². The van der Waals surface area contributed by atoms with Gasteiger partial charge in [-0.25, -0.2) is 8.42 Å². The van der Waals surface area contributed by atoms with Gasteiger partial charge in [-0.2, -0.15) is 0 Å². The highest BCUT2D eigenvalue weighted by atomic mass is 32.2. The Balaban J connectivity index is 1.57. The second-order valence-electron chi connectivity index (χ2n) is 6.26. The maximum Gasteiger partial charge on any atom is 0.151 e. The normalized spacial score (nSPS) is 19.6. The number of hydrogen-bond acceptors (Lipinski definition) is 4. The lowest BCUT2D eigenvalue weighted by Gasteiger charge is -2.21. The molecule has 3 rings (SSSR count). The average molecular weight is 344 g/mol. The molecular formula is C19H24N2O2S. The molecule has 1 aliphatic heterocycles. The lowest BCUT2D eigenvalue weighted by atomic mass is 9.99. The van der Waals surface area contributed by atoms with Crippen LogP contribution in [0.3, 0.4) is 0 Å². The zero-order valence-corrected chi connectivity index (χ0v) is 14.5. The second kappa shape index (κ2) is 7.92. The van der Waals surface area contributed by atoms with Gasteiger partial charge in [0.15, 0.2) is 9.84 Å². The SMILES string of the molecule is O=S1(=O)CC[C@H](NCCNC(c2ccccc2)c2ccccc2)C1. The van der Waals surface area contributed by atoms with Gasteiger partial charge in [0.2, 0.25) is 0 Å². The minimum atomic E-state index is -2.82. The van der Waals surface area contributed by atoms with Gasteiger partial charge < -0.3 is 10.6 Å². The number of sulfone groups is 1. The summed E-state index contributed by atoms with van der Waals surface area (Å²) in [5.41, 5.74) is 2.46. The van der Waals surface area contributed by atoms with Gasteiger partial charge in [-0.3, -0.25) is 0 Å². The van der Waals surface area contributed by atoms with E-state index in [0.29, 0.717) is 5.75 Å². The lowest BCUT2D eigenvalue weighted by Crippen LogP contribution is -2.37. The summed E-state index contributed by atoms with van der Waals surface area (Å²) < 4.78 is 23.0. The summed E-state index contributed by atoms with van der Waals surface area (Å²) in [4.78, 5) is 0. The molecule has 2 aromatic carbocycles. The molecule has 1 heterocycles. The Morgan fingerprint density at radius 3 is 2.00 bits per heavy atom. The maximum atomic E-state index is 11.5. The predicted octanol–water partition coefficient (Wildman–Crippen LogP) is 2.14. The van der Waals surface area contributed by atoms with Crippen LogP contribution in [0, 0.1) is 0 Å². The van der Waals surface area contributed by atoms with E-state index in [1.807, 2.05) is 12.1 Å². The van der Waals surface area contributed by atoms with Gasteiger partial charge in [0, 0.05) is 19.1 Å². The molecule has 0 spiro atoms. The Morgan fingerprint density at radius 2 is 1.50 bits per heavy atom. The van der Waals surface area contributed by atoms with Crippen LogP contribution in [0.5, 0.6) is 0 Å². The van der Waals surface area contributed by atoms with E-state index in [1.54, 1.807) is 0 Å². The predicted molar refractivity (Wildman–Crippen MR) is 97.8 cm³/mol. The summed E-state index contributed by atoms with van der Waals surface area (Å²) in [6, 6.07) is 21.0. The van der Waals surface area contributed by atoms with Crippen molar-refractivity contribution in [2.45, 2.75) is 18.5 Å². The molecule has 0 amide bonds. The Bertz CT molecular complexity index is 693. The monoisotopic (exact) mass is 344 g/mol. The van der Waals surface area contributed by atoms with Crippen molar-refractivity contribution in [3.05, 3.63) is 71.8 Å². The molecule has 1 fully saturated rings. The van der Waals surface area contributed by atoms with E-state index < -0.39 is 9.84 Å². The summed E-state index contributed by atoms with van der Waals surface area (Å²) in [7, 11) is -2.82. The van der Waals surface area contributed by atoms with Gasteiger partial charge in [-0.15, -0.1) is 0 Å². The van der Waals surface area contributed by atoms with Gasteiger partial charge in [-0.05, 0) is 17.5 Å². The van der Waals surface area contributed by atoms with Crippen molar-refractivity contribution in [3.8, 4) is 0 Å². The van der Waals surface area contributed by atoms with Gasteiger partial charge in [-0.1, -0.05) is 60.7 Å². The molecule has 0 aromatic heterocycles. The van der Waals surface area contributed by atoms with Crippen molar-refractivity contribution in [3.63, 3.8) is 0 Å². The van der Waals surface area contributed by atoms with E-state index in [4.69, 9.17) is 0 Å². The van der Waals surface area contributed by atoms with Crippen LogP contribution in [0.15, 0.2) is 60.7 Å². The van der Waals surface area contributed by atoms with Crippen molar-refractivity contribution in [1.29, 1.82) is 0 Å². The fourth-order valence-corrected chi connectivity index (χ4v) is 4.88. The van der Waals surface area contributed by atoms with E-state index in [2.05, 4.69) is 59.2 Å². The summed E-state index contributed by atoms with van der Waals surface area (Å²) in [6.45, 7) is 1.54. The van der Waals surface area contributed by atoms with Gasteiger partial charge in [0.1, 0.15) is 0 Å². The minimum Gasteiger partial charge on any atom is -0.312 e. The topological polar surface area (TPSA) is 58.2 Å². The summed E-state index contributed by atoms with van der Waals surface area (Å²) >= 11 is 0. The molecule has 128 valence electrons. The van der Waals surface area contributed by atoms with Crippen molar-refractivity contribution in [1.82, 2.24) is 10.6 Å². The first-order chi connectivity index (χ1) is 11.6. The molecule has 1 atom stereocenters. The Labute approximate surface area is 144 Å². The van der Waals surface area contributed by atoms with Crippen molar-refractivity contribution in [2.75, 3.05) is 24.6 Å². The molecule has 0 saturated carbocycles. The minimum absolute atomic E-state index is 0.101. The second-order valence-corrected chi connectivity index (χ2v) is 8.49. The maximum absolute atomic E-state index is 11.5. The van der Waals surface area contributed by atoms with Crippen LogP contribution in [-0.2, 0) is 9.84 Å². The molecule has 0 radical (unpaired) electrons. The fourth-order valence-electron chi connectivity index (χ4n) is 3.17. The molecule has 4 nitrogen and oxygen atoms in total. The van der Waals surface area contributed by atoms with Crippen molar-refractivity contribution in [2.24, 2.45) is 0 Å². The van der Waals surface area contributed by atoms with E-state index in [1.165, 1.54) is 11.1 Å². The van der Waals surface area contributed by atoms with Crippen molar-refractivity contribution < 1.29 is 8.42 Å². The largest absolute Gasteiger partial charge is 0.312 e. The third kappa shape index (κ3) is 4.66. The zero-order valence-electron chi connectivity index (χ0n) is 13.7. The third-order valence-corrected chi connectivity index (χ3v) is 6.17. The van der Waals surface area contributed by atoms with Crippen LogP contribution in [0.1, 0.15) is 23.6 Å². The number of hydrogen-bond donors (Lipinski definition) is 2. The highest BCUT2D eigenvalue weighted by Crippen LogP contribution is 2.21. The molecule has 0 aliphatic carbocycles. The zero-order chi connectivity index (χ0) is 16.8. The molecule has 0 bridgehead atoms. The van der Waals surface area contributed by atoms with Crippen LogP contribution in [0.25, 0.3) is 0 Å². The molecule has 24 heavy (non-hydrogen) atoms. The number of benzene rings is 2. The van der Waals surface area contributed by atoms with Crippen LogP contribution >= 0.6 is 0 Å². The van der Waals surface area contributed by atoms with E-state index in [0.717, 1.165) is 19.5 Å². The number of nitrogens with one attached hydrogen (secondary N) is 2. The summed E-state index contributed by atoms with van der Waals surface area (Å²) in [5.74, 6) is 0.586. The van der Waals surface area contributed by atoms with Gasteiger partial charge in [0.25, 0.3) is 0 Å². The quantitative estimate of drug-likeness (QED) is 0.756. The standard InChI is InChI=1S/C19H24N2O2S/c22-24(23)14-11-18(15-24)20-12-13-21-19(16-7-3-1-4-8-16)17-9-5-2-6-10-17/h1-10,18-21H,11-15H2/t18-/m0/s1. The molecular weight excluding hydrogens is 320 g/mol. The molecule has 0 unspecified atom stereocenters. The third-order valence-electron chi connectivity index (χ3n) is 4.40. The van der Waals surface area contributed by atoms with Gasteiger partial charge in [0.05, 0.1) is 17.5 Å². The Morgan fingerprint density at radius 1 is 0.917 bits per heavy atom. The Kier molecular flexibility index (Phi) is 5.66. The highest BCUT2D eigenvalue weighted by molar-refractivity contribution is 7.91. The fraction of sp³-hybridized carbons (Fsp3) is 0.368. The smallest absolute Gasteiger partial charge is 0.151 e. The van der Waals surface area contributed by atoms with Gasteiger partial charge >= 0.3 is 0 Å². The summed E-state index contributed by atoms with van der Waals surface area (Å²) in [6.07, 6.45) is 0.725. The Hall–Kier alpha value is -1.69. The van der Waals surface area contributed by atoms with E-state index in [-0.39, 0.29) is 17.8 Å². The highest BCUT2D eigenvalue weighted by Gasteiger charge is 2.27. The van der Waals surface area contributed by atoms with E-state index in [9.17, 15) is 8.42 Å². The van der Waals surface area contributed by atoms with Crippen LogP contribution in [0.2, 0.25) is 0 Å². The first kappa shape index (κ1) is 17.1. The molecule has 1 saturated heterocycles. The molecule has 5 heteroatoms. The molecule has 1 aliphatic rings. The first-order valence-electron chi connectivity index (χ1n) is 8.41.